The topological polar surface area (TPSA) is 85.5 Å². The number of aryl methyl sites for hydroxylation is 1. The number of nitrogens with two attached hydrogens (primary N) is 1. The highest BCUT2D eigenvalue weighted by Crippen LogP contribution is 2.33. The standard InChI is InChI=1S/C18H25N3O3/c19-17(22)7-6-14-3-1-4-15(20-14)16-5-2-10-21(16)18(23)13-8-11-24-12-9-13/h1,3-4,13,16H,2,5-12H2,(H2,19,22)/t16-/m0/s1. The number of primary amides is 1. The number of aromatic nitrogens is 1. The summed E-state index contributed by atoms with van der Waals surface area (Å²) in [5, 5.41) is 0. The molecule has 24 heavy (non-hydrogen) atoms. The third-order valence-electron chi connectivity index (χ3n) is 4.90. The highest BCUT2D eigenvalue weighted by atomic mass is 16.5. The minimum Gasteiger partial charge on any atom is -0.381 e. The zero-order valence-corrected chi connectivity index (χ0v) is 13.9. The van der Waals surface area contributed by atoms with Gasteiger partial charge in [-0.25, -0.2) is 0 Å². The van der Waals surface area contributed by atoms with Gasteiger partial charge in [-0.15, -0.1) is 0 Å². The molecule has 2 amide bonds. The zero-order valence-electron chi connectivity index (χ0n) is 13.9. The summed E-state index contributed by atoms with van der Waals surface area (Å²) in [6, 6.07) is 5.89. The van der Waals surface area contributed by atoms with Crippen molar-refractivity contribution in [2.75, 3.05) is 19.8 Å². The van der Waals surface area contributed by atoms with Gasteiger partial charge in [-0.3, -0.25) is 14.6 Å². The van der Waals surface area contributed by atoms with Gasteiger partial charge in [0.15, 0.2) is 0 Å². The molecule has 0 aromatic carbocycles. The second kappa shape index (κ2) is 7.75. The Labute approximate surface area is 142 Å². The highest BCUT2D eigenvalue weighted by molar-refractivity contribution is 5.79. The van der Waals surface area contributed by atoms with Crippen molar-refractivity contribution in [3.05, 3.63) is 29.6 Å². The van der Waals surface area contributed by atoms with Crippen molar-refractivity contribution in [3.8, 4) is 0 Å². The van der Waals surface area contributed by atoms with Gasteiger partial charge in [0.05, 0.1) is 11.7 Å². The van der Waals surface area contributed by atoms with E-state index >= 15 is 0 Å². The van der Waals surface area contributed by atoms with Gasteiger partial charge in [0.25, 0.3) is 0 Å². The summed E-state index contributed by atoms with van der Waals surface area (Å²) < 4.78 is 5.37. The first-order valence-corrected chi connectivity index (χ1v) is 8.77. The molecule has 0 bridgehead atoms. The van der Waals surface area contributed by atoms with Crippen LogP contribution in [0.15, 0.2) is 18.2 Å². The van der Waals surface area contributed by atoms with Crippen LogP contribution < -0.4 is 5.73 Å². The van der Waals surface area contributed by atoms with Crippen molar-refractivity contribution in [2.45, 2.75) is 44.6 Å². The smallest absolute Gasteiger partial charge is 0.226 e. The maximum Gasteiger partial charge on any atom is 0.226 e. The Balaban J connectivity index is 1.71. The number of carbonyl (C=O) groups is 2. The van der Waals surface area contributed by atoms with E-state index in [1.807, 2.05) is 23.1 Å². The molecule has 1 aromatic rings. The number of likely N-dealkylation sites (tertiary alicyclic amines) is 1. The van der Waals surface area contributed by atoms with Crippen LogP contribution in [-0.2, 0) is 20.7 Å². The Morgan fingerprint density at radius 1 is 1.25 bits per heavy atom. The molecule has 3 heterocycles. The summed E-state index contributed by atoms with van der Waals surface area (Å²) >= 11 is 0. The summed E-state index contributed by atoms with van der Waals surface area (Å²) in [5.74, 6) is 0.00178. The molecule has 2 aliphatic rings. The fourth-order valence-corrected chi connectivity index (χ4v) is 3.59. The number of ether oxygens (including phenoxy) is 1. The molecule has 130 valence electrons. The van der Waals surface area contributed by atoms with Gasteiger partial charge in [-0.1, -0.05) is 6.07 Å². The van der Waals surface area contributed by atoms with E-state index in [2.05, 4.69) is 4.98 Å². The predicted molar refractivity (Wildman–Crippen MR) is 89.0 cm³/mol. The van der Waals surface area contributed by atoms with Crippen LogP contribution in [0.5, 0.6) is 0 Å². The van der Waals surface area contributed by atoms with Gasteiger partial charge in [0, 0.05) is 37.8 Å². The van der Waals surface area contributed by atoms with Crippen LogP contribution in [0.4, 0.5) is 0 Å². The van der Waals surface area contributed by atoms with Crippen molar-refractivity contribution < 1.29 is 14.3 Å². The lowest BCUT2D eigenvalue weighted by atomic mass is 9.98. The van der Waals surface area contributed by atoms with E-state index in [1.165, 1.54) is 0 Å². The van der Waals surface area contributed by atoms with Crippen LogP contribution in [0.25, 0.3) is 0 Å². The van der Waals surface area contributed by atoms with Gasteiger partial charge in [0.2, 0.25) is 11.8 Å². The van der Waals surface area contributed by atoms with Gasteiger partial charge >= 0.3 is 0 Å². The van der Waals surface area contributed by atoms with E-state index in [0.29, 0.717) is 26.1 Å². The van der Waals surface area contributed by atoms with Crippen molar-refractivity contribution in [1.82, 2.24) is 9.88 Å². The summed E-state index contributed by atoms with van der Waals surface area (Å²) in [7, 11) is 0. The van der Waals surface area contributed by atoms with Crippen LogP contribution in [0.2, 0.25) is 0 Å². The van der Waals surface area contributed by atoms with E-state index in [-0.39, 0.29) is 23.8 Å². The van der Waals surface area contributed by atoms with E-state index in [4.69, 9.17) is 10.5 Å². The Hall–Kier alpha value is -1.95. The highest BCUT2D eigenvalue weighted by Gasteiger charge is 2.35. The molecule has 6 nitrogen and oxygen atoms in total. The Morgan fingerprint density at radius 3 is 2.79 bits per heavy atom. The lowest BCUT2D eigenvalue weighted by molar-refractivity contribution is -0.139. The van der Waals surface area contributed by atoms with E-state index in [1.54, 1.807) is 0 Å². The summed E-state index contributed by atoms with van der Waals surface area (Å²) in [4.78, 5) is 30.5. The maximum absolute atomic E-state index is 12.9. The van der Waals surface area contributed by atoms with Gasteiger partial charge in [-0.2, -0.15) is 0 Å². The number of amides is 2. The molecule has 0 unspecified atom stereocenters. The maximum atomic E-state index is 12.9. The summed E-state index contributed by atoms with van der Waals surface area (Å²) in [5.41, 5.74) is 7.00. The lowest BCUT2D eigenvalue weighted by Crippen LogP contribution is -2.38. The van der Waals surface area contributed by atoms with Crippen molar-refractivity contribution in [3.63, 3.8) is 0 Å². The largest absolute Gasteiger partial charge is 0.381 e. The molecule has 0 aliphatic carbocycles. The van der Waals surface area contributed by atoms with E-state index in [0.717, 1.165) is 43.6 Å². The third-order valence-corrected chi connectivity index (χ3v) is 4.90. The second-order valence-electron chi connectivity index (χ2n) is 6.60. The van der Waals surface area contributed by atoms with Crippen molar-refractivity contribution in [2.24, 2.45) is 11.7 Å². The Bertz CT molecular complexity index is 599. The summed E-state index contributed by atoms with van der Waals surface area (Å²) in [6.45, 7) is 2.15. The van der Waals surface area contributed by atoms with E-state index in [9.17, 15) is 9.59 Å². The SMILES string of the molecule is NC(=O)CCc1cccc([C@@H]2CCCN2C(=O)C2CCOCC2)n1. The number of hydrogen-bond acceptors (Lipinski definition) is 4. The number of rotatable bonds is 5. The fraction of sp³-hybridized carbons (Fsp3) is 0.611. The van der Waals surface area contributed by atoms with Crippen LogP contribution >= 0.6 is 0 Å². The molecule has 2 saturated heterocycles. The van der Waals surface area contributed by atoms with Crippen LogP contribution in [-0.4, -0.2) is 41.5 Å². The monoisotopic (exact) mass is 331 g/mol. The molecular weight excluding hydrogens is 306 g/mol. The number of carbonyl (C=O) groups excluding carboxylic acids is 2. The van der Waals surface area contributed by atoms with Crippen molar-refractivity contribution >= 4 is 11.8 Å². The first-order chi connectivity index (χ1) is 11.6. The number of pyridine rings is 1. The normalized spacial score (nSPS) is 21.8. The van der Waals surface area contributed by atoms with Gasteiger partial charge in [0.1, 0.15) is 0 Å². The molecule has 0 spiro atoms. The fourth-order valence-electron chi connectivity index (χ4n) is 3.59. The van der Waals surface area contributed by atoms with Crippen LogP contribution in [0, 0.1) is 5.92 Å². The zero-order chi connectivity index (χ0) is 16.9. The third kappa shape index (κ3) is 3.93. The molecular formula is C18H25N3O3. The molecule has 0 saturated carbocycles. The predicted octanol–water partition coefficient (Wildman–Crippen LogP) is 1.59. The minimum absolute atomic E-state index is 0.0499. The van der Waals surface area contributed by atoms with Gasteiger partial charge < -0.3 is 15.4 Å². The van der Waals surface area contributed by atoms with Crippen LogP contribution in [0.3, 0.4) is 0 Å². The molecule has 1 aromatic heterocycles. The average Bonchev–Trinajstić information content (AvgIpc) is 3.10. The minimum atomic E-state index is -0.320. The molecule has 2 fully saturated rings. The first-order valence-electron chi connectivity index (χ1n) is 8.77. The molecule has 0 radical (unpaired) electrons. The molecule has 6 heteroatoms. The molecule has 1 atom stereocenters. The second-order valence-corrected chi connectivity index (χ2v) is 6.60. The summed E-state index contributed by atoms with van der Waals surface area (Å²) in [6.07, 6.45) is 4.42. The number of nitrogens with zero attached hydrogens (tertiary/aromatic N) is 2. The lowest BCUT2D eigenvalue weighted by Gasteiger charge is -2.30. The molecule has 2 N–H and O–H groups in total. The number of hydrogen-bond donors (Lipinski definition) is 1. The van der Waals surface area contributed by atoms with Crippen molar-refractivity contribution in [1.29, 1.82) is 0 Å². The average molecular weight is 331 g/mol. The van der Waals surface area contributed by atoms with Gasteiger partial charge in [-0.05, 0) is 44.2 Å². The Kier molecular flexibility index (Phi) is 5.45. The quantitative estimate of drug-likeness (QED) is 0.888. The van der Waals surface area contributed by atoms with Crippen LogP contribution in [0.1, 0.15) is 49.5 Å². The van der Waals surface area contributed by atoms with E-state index < -0.39 is 0 Å². The Morgan fingerprint density at radius 2 is 2.04 bits per heavy atom. The first kappa shape index (κ1) is 16.9. The molecule has 3 rings (SSSR count). The molecule has 2 aliphatic heterocycles.